The van der Waals surface area contributed by atoms with Crippen LogP contribution in [0.1, 0.15) is 89.0 Å². The van der Waals surface area contributed by atoms with Crippen LogP contribution < -0.4 is 0 Å². The van der Waals surface area contributed by atoms with Gasteiger partial charge in [0.25, 0.3) is 0 Å². The summed E-state index contributed by atoms with van der Waals surface area (Å²) in [6.45, 7) is 13.7. The van der Waals surface area contributed by atoms with Crippen molar-refractivity contribution in [2.75, 3.05) is 0 Å². The largest absolute Gasteiger partial charge is 0.478 e. The average molecular weight is 367 g/mol. The van der Waals surface area contributed by atoms with Gasteiger partial charge in [0.1, 0.15) is 0 Å². The van der Waals surface area contributed by atoms with E-state index in [2.05, 4.69) is 52.8 Å². The zero-order valence-electron chi connectivity index (χ0n) is 17.8. The number of hydrogen-bond acceptors (Lipinski definition) is 1. The van der Waals surface area contributed by atoms with Crippen LogP contribution in [-0.4, -0.2) is 11.1 Å². The minimum Gasteiger partial charge on any atom is -0.478 e. The first-order chi connectivity index (χ1) is 12.5. The molecule has 1 aromatic rings. The quantitative estimate of drug-likeness (QED) is 0.487. The number of carboxylic acid groups (broad SMARTS) is 1. The fourth-order valence-corrected chi connectivity index (χ4v) is 4.74. The third-order valence-electron chi connectivity index (χ3n) is 6.86. The molecule has 146 valence electrons. The molecule has 0 aliphatic heterocycles. The summed E-state index contributed by atoms with van der Waals surface area (Å²) in [5, 5.41) is 8.86. The number of rotatable bonds is 5. The fraction of sp³-hybridized carbons (Fsp3) is 0.560. The predicted octanol–water partition coefficient (Wildman–Crippen LogP) is 6.35. The van der Waals surface area contributed by atoms with Gasteiger partial charge >= 0.3 is 5.97 Å². The van der Waals surface area contributed by atoms with Gasteiger partial charge in [-0.15, -0.1) is 0 Å². The Morgan fingerprint density at radius 2 is 1.56 bits per heavy atom. The minimum atomic E-state index is -0.881. The number of carbonyl (C=O) groups is 1. The number of fused-ring (bicyclic) bond motifs is 1. The van der Waals surface area contributed by atoms with Gasteiger partial charge in [-0.3, -0.25) is 0 Å². The Labute approximate surface area is 164 Å². The molecule has 2 nitrogen and oxygen atoms in total. The second-order valence-electron chi connectivity index (χ2n) is 10.1. The van der Waals surface area contributed by atoms with Crippen molar-refractivity contribution in [2.45, 2.75) is 89.9 Å². The van der Waals surface area contributed by atoms with Crippen LogP contribution in [0.25, 0.3) is 0 Å². The lowest BCUT2D eigenvalue weighted by molar-refractivity contribution is -0.131. The lowest BCUT2D eigenvalue weighted by atomic mass is 9.62. The summed E-state index contributed by atoms with van der Waals surface area (Å²) in [6.07, 6.45) is 11.3. The Kier molecular flexibility index (Phi) is 4.91. The Bertz CT molecular complexity index is 817. The zero-order chi connectivity index (χ0) is 20.0. The first-order valence-corrected chi connectivity index (χ1v) is 10.2. The van der Waals surface area contributed by atoms with Crippen LogP contribution >= 0.6 is 0 Å². The van der Waals surface area contributed by atoms with Crippen LogP contribution in [-0.2, 0) is 21.0 Å². The molecule has 3 rings (SSSR count). The van der Waals surface area contributed by atoms with Gasteiger partial charge < -0.3 is 5.11 Å². The summed E-state index contributed by atoms with van der Waals surface area (Å²) in [7, 11) is 0. The first kappa shape index (κ1) is 19.9. The monoisotopic (exact) mass is 366 g/mol. The smallest absolute Gasteiger partial charge is 0.328 e. The molecule has 1 N–H and O–H groups in total. The highest BCUT2D eigenvalue weighted by Crippen LogP contribution is 2.55. The van der Waals surface area contributed by atoms with E-state index in [0.29, 0.717) is 0 Å². The van der Waals surface area contributed by atoms with Crippen LogP contribution in [0, 0.1) is 6.92 Å². The van der Waals surface area contributed by atoms with Gasteiger partial charge in [0.05, 0.1) is 0 Å². The van der Waals surface area contributed by atoms with Crippen molar-refractivity contribution in [3.8, 4) is 0 Å². The molecule has 1 aromatic carbocycles. The molecule has 27 heavy (non-hydrogen) atoms. The minimum absolute atomic E-state index is 0.236. The van der Waals surface area contributed by atoms with Crippen molar-refractivity contribution in [3.63, 3.8) is 0 Å². The van der Waals surface area contributed by atoms with Crippen LogP contribution in [0.3, 0.4) is 0 Å². The SMILES string of the molecule is CC(C=CCC1(c2cc3c(cc2C)C(C)(C)CCC3(C)C)CC1)=CC(=O)O. The van der Waals surface area contributed by atoms with Crippen molar-refractivity contribution >= 4 is 5.97 Å². The van der Waals surface area contributed by atoms with E-state index in [1.54, 1.807) is 0 Å². The first-order valence-electron chi connectivity index (χ1n) is 10.2. The molecule has 0 heterocycles. The van der Waals surface area contributed by atoms with E-state index in [9.17, 15) is 4.79 Å². The van der Waals surface area contributed by atoms with Gasteiger partial charge in [0.2, 0.25) is 0 Å². The predicted molar refractivity (Wildman–Crippen MR) is 113 cm³/mol. The van der Waals surface area contributed by atoms with Gasteiger partial charge in [-0.2, -0.15) is 0 Å². The Morgan fingerprint density at radius 3 is 2.07 bits per heavy atom. The molecule has 2 aliphatic carbocycles. The van der Waals surface area contributed by atoms with E-state index in [0.717, 1.165) is 12.0 Å². The van der Waals surface area contributed by atoms with Crippen LogP contribution in [0.15, 0.2) is 35.9 Å². The summed E-state index contributed by atoms with van der Waals surface area (Å²) < 4.78 is 0. The van der Waals surface area contributed by atoms with Crippen LogP contribution in [0.5, 0.6) is 0 Å². The molecule has 2 aliphatic rings. The van der Waals surface area contributed by atoms with Crippen molar-refractivity contribution in [3.05, 3.63) is 58.2 Å². The summed E-state index contributed by atoms with van der Waals surface area (Å²) in [4.78, 5) is 10.8. The van der Waals surface area contributed by atoms with Gasteiger partial charge in [-0.1, -0.05) is 52.0 Å². The highest BCUT2D eigenvalue weighted by Gasteiger charge is 2.46. The molecule has 2 heteroatoms. The molecule has 1 fully saturated rings. The molecule has 0 unspecified atom stereocenters. The molecule has 1 saturated carbocycles. The van der Waals surface area contributed by atoms with E-state index in [1.807, 2.05) is 13.0 Å². The number of aliphatic carboxylic acids is 1. The molecule has 0 saturated heterocycles. The molecular weight excluding hydrogens is 332 g/mol. The highest BCUT2D eigenvalue weighted by molar-refractivity contribution is 5.81. The standard InChI is InChI=1S/C25H34O2/c1-17(14-22(26)27)8-7-9-25(12-13-25)19-16-21-20(15-18(19)2)23(3,4)10-11-24(21,5)6/h7-8,14-16H,9-13H2,1-6H3,(H,26,27). The maximum atomic E-state index is 10.8. The van der Waals surface area contributed by atoms with Crippen molar-refractivity contribution in [1.29, 1.82) is 0 Å². The van der Waals surface area contributed by atoms with Gasteiger partial charge in [0, 0.05) is 6.08 Å². The third-order valence-corrected chi connectivity index (χ3v) is 6.86. The number of carboxylic acids is 1. The maximum absolute atomic E-state index is 10.8. The number of benzene rings is 1. The van der Waals surface area contributed by atoms with Crippen molar-refractivity contribution in [1.82, 2.24) is 0 Å². The van der Waals surface area contributed by atoms with E-state index in [4.69, 9.17) is 5.11 Å². The molecular formula is C25H34O2. The number of aryl methyl sites for hydroxylation is 1. The van der Waals surface area contributed by atoms with Crippen molar-refractivity contribution in [2.24, 2.45) is 0 Å². The molecule has 0 aromatic heterocycles. The summed E-state index contributed by atoms with van der Waals surface area (Å²) in [5.41, 5.74) is 7.53. The summed E-state index contributed by atoms with van der Waals surface area (Å²) >= 11 is 0. The normalized spacial score (nSPS) is 22.5. The third kappa shape index (κ3) is 3.90. The number of allylic oxidation sites excluding steroid dienone is 3. The lowest BCUT2D eigenvalue weighted by Crippen LogP contribution is -2.34. The van der Waals surface area contributed by atoms with Crippen molar-refractivity contribution < 1.29 is 9.90 Å². The molecule has 0 atom stereocenters. The lowest BCUT2D eigenvalue weighted by Gasteiger charge is -2.43. The van der Waals surface area contributed by atoms with E-state index >= 15 is 0 Å². The molecule has 0 radical (unpaired) electrons. The summed E-state index contributed by atoms with van der Waals surface area (Å²) in [6, 6.07) is 4.98. The second kappa shape index (κ2) is 6.65. The van der Waals surface area contributed by atoms with E-state index in [1.165, 1.54) is 54.0 Å². The maximum Gasteiger partial charge on any atom is 0.328 e. The van der Waals surface area contributed by atoms with E-state index < -0.39 is 5.97 Å². The molecule has 0 bridgehead atoms. The Balaban J connectivity index is 1.94. The number of hydrogen-bond donors (Lipinski definition) is 1. The van der Waals surface area contributed by atoms with Gasteiger partial charge in [-0.05, 0) is 90.0 Å². The van der Waals surface area contributed by atoms with Crippen LogP contribution in [0.2, 0.25) is 0 Å². The Hall–Kier alpha value is -1.83. The topological polar surface area (TPSA) is 37.3 Å². The van der Waals surface area contributed by atoms with Gasteiger partial charge in [0.15, 0.2) is 0 Å². The van der Waals surface area contributed by atoms with Gasteiger partial charge in [-0.25, -0.2) is 4.79 Å². The second-order valence-corrected chi connectivity index (χ2v) is 10.1. The average Bonchev–Trinajstić information content (AvgIpc) is 3.31. The van der Waals surface area contributed by atoms with E-state index in [-0.39, 0.29) is 16.2 Å². The fourth-order valence-electron chi connectivity index (χ4n) is 4.74. The zero-order valence-corrected chi connectivity index (χ0v) is 17.8. The molecule has 0 spiro atoms. The Morgan fingerprint density at radius 1 is 1.00 bits per heavy atom. The molecule has 0 amide bonds. The summed E-state index contributed by atoms with van der Waals surface area (Å²) in [5.74, 6) is -0.881. The highest BCUT2D eigenvalue weighted by atomic mass is 16.4. The van der Waals surface area contributed by atoms with Crippen LogP contribution in [0.4, 0.5) is 0 Å².